The summed E-state index contributed by atoms with van der Waals surface area (Å²) in [4.78, 5) is 0. The van der Waals surface area contributed by atoms with Crippen LogP contribution in [-0.4, -0.2) is 52.1 Å². The highest BCUT2D eigenvalue weighted by molar-refractivity contribution is 14.1. The molecular weight excluding hydrogens is 560 g/mol. The first kappa shape index (κ1) is 25.0. The second-order valence-electron chi connectivity index (χ2n) is 7.29. The highest BCUT2D eigenvalue weighted by atomic mass is 127. The van der Waals surface area contributed by atoms with Gasteiger partial charge in [-0.1, -0.05) is 0 Å². The minimum atomic E-state index is -4.12. The summed E-state index contributed by atoms with van der Waals surface area (Å²) in [5.74, 6) is -2.68. The second kappa shape index (κ2) is 11.0. The molecule has 1 saturated heterocycles. The topological polar surface area (TPSA) is 82.7 Å². The third-order valence-electron chi connectivity index (χ3n) is 5.02. The van der Waals surface area contributed by atoms with Crippen LogP contribution in [0.15, 0.2) is 30.3 Å². The molecule has 1 aliphatic rings. The summed E-state index contributed by atoms with van der Waals surface area (Å²) in [6.45, 7) is 1.69. The van der Waals surface area contributed by atoms with Gasteiger partial charge in [-0.2, -0.15) is 12.7 Å². The normalized spacial score (nSPS) is 15.7. The Kier molecular flexibility index (Phi) is 8.61. The predicted molar refractivity (Wildman–Crippen MR) is 126 cm³/mol. The van der Waals surface area contributed by atoms with Crippen molar-refractivity contribution in [2.24, 2.45) is 0 Å². The first-order valence-corrected chi connectivity index (χ1v) is 12.4. The van der Waals surface area contributed by atoms with Crippen molar-refractivity contribution in [3.8, 4) is 0 Å². The molecular formula is C20H24F3IN4O3S. The molecule has 176 valence electrons. The molecule has 0 aromatic heterocycles. The number of ether oxygens (including phenoxy) is 1. The van der Waals surface area contributed by atoms with Crippen molar-refractivity contribution in [1.82, 2.24) is 9.62 Å². The van der Waals surface area contributed by atoms with Crippen molar-refractivity contribution >= 4 is 49.9 Å². The highest BCUT2D eigenvalue weighted by Gasteiger charge is 2.29. The zero-order valence-corrected chi connectivity index (χ0v) is 20.3. The highest BCUT2D eigenvalue weighted by Crippen LogP contribution is 2.32. The van der Waals surface area contributed by atoms with Crippen molar-refractivity contribution in [2.75, 3.05) is 43.4 Å². The van der Waals surface area contributed by atoms with Crippen molar-refractivity contribution in [3.05, 3.63) is 51.4 Å². The molecule has 32 heavy (non-hydrogen) atoms. The molecule has 1 fully saturated rings. The number of rotatable bonds is 9. The molecule has 0 aliphatic carbocycles. The lowest BCUT2D eigenvalue weighted by Crippen LogP contribution is -2.47. The first-order chi connectivity index (χ1) is 15.2. The van der Waals surface area contributed by atoms with Crippen molar-refractivity contribution in [3.63, 3.8) is 0 Å². The Labute approximate surface area is 199 Å². The second-order valence-corrected chi connectivity index (χ2v) is 10.2. The van der Waals surface area contributed by atoms with E-state index in [0.29, 0.717) is 35.6 Å². The van der Waals surface area contributed by atoms with Crippen LogP contribution in [0, 0.1) is 21.0 Å². The van der Waals surface area contributed by atoms with Gasteiger partial charge >= 0.3 is 10.2 Å². The third kappa shape index (κ3) is 6.47. The maximum Gasteiger partial charge on any atom is 0.301 e. The largest absolute Gasteiger partial charge is 0.383 e. The lowest BCUT2D eigenvalue weighted by atomic mass is 10.1. The average Bonchev–Trinajstić information content (AvgIpc) is 2.73. The van der Waals surface area contributed by atoms with Gasteiger partial charge in [0, 0.05) is 42.4 Å². The number of hydrogen-bond donors (Lipinski definition) is 3. The maximum absolute atomic E-state index is 14.6. The number of nitrogens with zero attached hydrogens (tertiary/aromatic N) is 1. The van der Waals surface area contributed by atoms with Gasteiger partial charge in [0.1, 0.15) is 17.3 Å². The van der Waals surface area contributed by atoms with E-state index in [0.717, 1.165) is 6.07 Å². The molecule has 1 heterocycles. The summed E-state index contributed by atoms with van der Waals surface area (Å²) in [5, 5.41) is 5.88. The van der Waals surface area contributed by atoms with Crippen LogP contribution in [-0.2, 0) is 14.9 Å². The van der Waals surface area contributed by atoms with Crippen molar-refractivity contribution in [1.29, 1.82) is 0 Å². The van der Waals surface area contributed by atoms with E-state index in [2.05, 4.69) is 15.4 Å². The summed E-state index contributed by atoms with van der Waals surface area (Å²) >= 11 is 1.93. The zero-order valence-electron chi connectivity index (χ0n) is 17.3. The number of methoxy groups -OCH3 is 1. The zero-order chi connectivity index (χ0) is 23.3. The van der Waals surface area contributed by atoms with Gasteiger partial charge in [0.15, 0.2) is 5.82 Å². The Hall–Kier alpha value is -1.61. The number of hydrogen-bond acceptors (Lipinski definition) is 5. The summed E-state index contributed by atoms with van der Waals surface area (Å²) in [6.07, 6.45) is 1.16. The molecule has 0 unspecified atom stereocenters. The van der Waals surface area contributed by atoms with Gasteiger partial charge in [0.05, 0.1) is 18.0 Å². The van der Waals surface area contributed by atoms with E-state index in [4.69, 9.17) is 4.74 Å². The van der Waals surface area contributed by atoms with Crippen LogP contribution < -0.4 is 15.4 Å². The average molecular weight is 584 g/mol. The Morgan fingerprint density at radius 1 is 1.09 bits per heavy atom. The van der Waals surface area contributed by atoms with Gasteiger partial charge in [-0.3, -0.25) is 4.72 Å². The van der Waals surface area contributed by atoms with Crippen LogP contribution in [0.5, 0.6) is 0 Å². The Balaban J connectivity index is 1.76. The molecule has 7 nitrogen and oxygen atoms in total. The Morgan fingerprint density at radius 3 is 2.47 bits per heavy atom. The smallest absolute Gasteiger partial charge is 0.301 e. The SMILES string of the molecule is COCCNC1CCN(S(=O)(=O)Nc2c(F)cc(F)cc2Nc2ccc(I)cc2F)CC1. The lowest BCUT2D eigenvalue weighted by Gasteiger charge is -2.32. The van der Waals surface area contributed by atoms with E-state index >= 15 is 0 Å². The van der Waals surface area contributed by atoms with E-state index in [1.165, 1.54) is 16.4 Å². The van der Waals surface area contributed by atoms with Crippen molar-refractivity contribution in [2.45, 2.75) is 18.9 Å². The summed E-state index contributed by atoms with van der Waals surface area (Å²) in [5.41, 5.74) is -0.759. The quantitative estimate of drug-likeness (QED) is 0.309. The minimum Gasteiger partial charge on any atom is -0.383 e. The fraction of sp³-hybridized carbons (Fsp3) is 0.400. The molecule has 0 saturated carbocycles. The fourth-order valence-electron chi connectivity index (χ4n) is 3.37. The molecule has 2 aromatic carbocycles. The molecule has 0 spiro atoms. The Morgan fingerprint density at radius 2 is 1.81 bits per heavy atom. The van der Waals surface area contributed by atoms with Gasteiger partial charge in [-0.05, 0) is 59.7 Å². The van der Waals surface area contributed by atoms with Crippen LogP contribution in [0.4, 0.5) is 30.2 Å². The molecule has 3 N–H and O–H groups in total. The number of nitrogens with one attached hydrogen (secondary N) is 3. The van der Waals surface area contributed by atoms with Gasteiger partial charge in [0.25, 0.3) is 0 Å². The molecule has 0 amide bonds. The number of piperidine rings is 1. The molecule has 3 rings (SSSR count). The molecule has 12 heteroatoms. The number of benzene rings is 2. The van der Waals surface area contributed by atoms with Gasteiger partial charge < -0.3 is 15.4 Å². The monoisotopic (exact) mass is 584 g/mol. The van der Waals surface area contributed by atoms with E-state index in [-0.39, 0.29) is 30.5 Å². The number of anilines is 3. The summed E-state index contributed by atoms with van der Waals surface area (Å²) in [7, 11) is -2.51. The summed E-state index contributed by atoms with van der Waals surface area (Å²) in [6, 6.07) is 5.88. The van der Waals surface area contributed by atoms with Gasteiger partial charge in [-0.15, -0.1) is 0 Å². The Bertz CT molecular complexity index is 1050. The standard InChI is InChI=1S/C20H24F3IN4O3S/c1-31-9-6-25-15-4-7-28(8-5-15)32(29,30)27-20-17(23)10-13(21)11-19(20)26-18-3-2-14(24)12-16(18)22/h2-3,10-12,15,25-27H,4-9H2,1H3. The number of halogens is 4. The summed E-state index contributed by atoms with van der Waals surface area (Å²) < 4.78 is 77.5. The maximum atomic E-state index is 14.6. The van der Waals surface area contributed by atoms with E-state index in [1.54, 1.807) is 13.2 Å². The van der Waals surface area contributed by atoms with Gasteiger partial charge in [0.2, 0.25) is 0 Å². The first-order valence-electron chi connectivity index (χ1n) is 9.91. The van der Waals surface area contributed by atoms with E-state index in [9.17, 15) is 21.6 Å². The lowest BCUT2D eigenvalue weighted by molar-refractivity contribution is 0.189. The van der Waals surface area contributed by atoms with Crippen LogP contribution >= 0.6 is 22.6 Å². The minimum absolute atomic E-state index is 0.0428. The molecule has 0 atom stereocenters. The van der Waals surface area contributed by atoms with Crippen LogP contribution in [0.3, 0.4) is 0 Å². The van der Waals surface area contributed by atoms with Crippen LogP contribution in [0.2, 0.25) is 0 Å². The van der Waals surface area contributed by atoms with Crippen molar-refractivity contribution < 1.29 is 26.3 Å². The predicted octanol–water partition coefficient (Wildman–Crippen LogP) is 3.81. The molecule has 2 aromatic rings. The van der Waals surface area contributed by atoms with E-state index < -0.39 is 33.3 Å². The molecule has 0 radical (unpaired) electrons. The van der Waals surface area contributed by atoms with E-state index in [1.807, 2.05) is 22.6 Å². The van der Waals surface area contributed by atoms with Gasteiger partial charge in [-0.25, -0.2) is 13.2 Å². The third-order valence-corrected chi connectivity index (χ3v) is 7.20. The molecule has 0 bridgehead atoms. The fourth-order valence-corrected chi connectivity index (χ4v) is 5.11. The van der Waals surface area contributed by atoms with Crippen LogP contribution in [0.1, 0.15) is 12.8 Å². The molecule has 1 aliphatic heterocycles. The van der Waals surface area contributed by atoms with Crippen LogP contribution in [0.25, 0.3) is 0 Å².